The first-order valence-corrected chi connectivity index (χ1v) is 11.1. The van der Waals surface area contributed by atoms with Crippen LogP contribution in [0.2, 0.25) is 0 Å². The molecule has 0 aliphatic rings. The monoisotopic (exact) mass is 433 g/mol. The highest BCUT2D eigenvalue weighted by Gasteiger charge is 2.11. The molecule has 31 heavy (non-hydrogen) atoms. The molecule has 0 fully saturated rings. The van der Waals surface area contributed by atoms with E-state index in [1.165, 1.54) is 17.3 Å². The van der Waals surface area contributed by atoms with Crippen LogP contribution in [0.25, 0.3) is 17.0 Å². The van der Waals surface area contributed by atoms with E-state index in [1.54, 1.807) is 4.52 Å². The van der Waals surface area contributed by atoms with Gasteiger partial charge in [0, 0.05) is 12.1 Å². The van der Waals surface area contributed by atoms with Gasteiger partial charge in [0.25, 0.3) is 0 Å². The summed E-state index contributed by atoms with van der Waals surface area (Å²) in [6, 6.07) is 21.5. The highest BCUT2D eigenvalue weighted by atomic mass is 32.2. The van der Waals surface area contributed by atoms with E-state index in [9.17, 15) is 4.79 Å². The van der Waals surface area contributed by atoms with Crippen molar-refractivity contribution in [1.82, 2.24) is 25.1 Å². The standard InChI is InChI=1S/C23H23N5O2S/c1-2-30-19-10-8-18(9-11-19)23-26-25-20-12-13-22(27-28(20)23)31-16-21(29)24-15-14-17-6-4-3-5-7-17/h3-13H,2,14-16H2,1H3,(H,24,29). The number of nitrogens with one attached hydrogen (secondary N) is 1. The van der Waals surface area contributed by atoms with Crippen LogP contribution in [0.1, 0.15) is 12.5 Å². The van der Waals surface area contributed by atoms with Gasteiger partial charge in [-0.2, -0.15) is 9.61 Å². The SMILES string of the molecule is CCOc1ccc(-c2nnc3ccc(SCC(=O)NCCc4ccccc4)nn23)cc1. The fraction of sp³-hybridized carbons (Fsp3) is 0.217. The lowest BCUT2D eigenvalue weighted by atomic mass is 10.1. The van der Waals surface area contributed by atoms with Gasteiger partial charge in [0.05, 0.1) is 12.4 Å². The maximum Gasteiger partial charge on any atom is 0.230 e. The Balaban J connectivity index is 1.37. The molecule has 1 N–H and O–H groups in total. The molecule has 8 heteroatoms. The number of amides is 1. The second-order valence-corrected chi connectivity index (χ2v) is 7.79. The van der Waals surface area contributed by atoms with E-state index >= 15 is 0 Å². The Morgan fingerprint density at radius 2 is 1.84 bits per heavy atom. The molecule has 0 atom stereocenters. The molecule has 0 unspecified atom stereocenters. The van der Waals surface area contributed by atoms with Gasteiger partial charge in [0.15, 0.2) is 11.5 Å². The Labute approximate surface area is 184 Å². The van der Waals surface area contributed by atoms with Crippen molar-refractivity contribution in [1.29, 1.82) is 0 Å². The molecular weight excluding hydrogens is 410 g/mol. The highest BCUT2D eigenvalue weighted by Crippen LogP contribution is 2.23. The van der Waals surface area contributed by atoms with Crippen LogP contribution in [0.4, 0.5) is 0 Å². The van der Waals surface area contributed by atoms with E-state index in [0.717, 1.165) is 22.8 Å². The average molecular weight is 434 g/mol. The summed E-state index contributed by atoms with van der Waals surface area (Å²) >= 11 is 1.39. The normalized spacial score (nSPS) is 10.9. The second kappa shape index (κ2) is 10.1. The third-order valence-electron chi connectivity index (χ3n) is 4.59. The van der Waals surface area contributed by atoms with Crippen LogP contribution in [-0.2, 0) is 11.2 Å². The zero-order valence-corrected chi connectivity index (χ0v) is 18.0. The number of thioether (sulfide) groups is 1. The summed E-state index contributed by atoms with van der Waals surface area (Å²) in [5.41, 5.74) is 2.75. The quantitative estimate of drug-likeness (QED) is 0.406. The van der Waals surface area contributed by atoms with Gasteiger partial charge in [0.1, 0.15) is 10.8 Å². The zero-order chi connectivity index (χ0) is 21.5. The third-order valence-corrected chi connectivity index (χ3v) is 5.51. The first-order valence-electron chi connectivity index (χ1n) is 10.1. The van der Waals surface area contributed by atoms with Crippen molar-refractivity contribution in [3.63, 3.8) is 0 Å². The topological polar surface area (TPSA) is 81.4 Å². The smallest absolute Gasteiger partial charge is 0.230 e. The number of rotatable bonds is 9. The molecular formula is C23H23N5O2S. The first kappa shape index (κ1) is 20.9. The third kappa shape index (κ3) is 5.40. The number of nitrogens with zero attached hydrogens (tertiary/aromatic N) is 4. The lowest BCUT2D eigenvalue weighted by Crippen LogP contribution is -2.27. The van der Waals surface area contributed by atoms with Crippen molar-refractivity contribution >= 4 is 23.3 Å². The van der Waals surface area contributed by atoms with Crippen LogP contribution in [0.3, 0.4) is 0 Å². The number of benzene rings is 2. The molecule has 0 aliphatic carbocycles. The Bertz CT molecular complexity index is 1150. The fourth-order valence-electron chi connectivity index (χ4n) is 3.08. The van der Waals surface area contributed by atoms with Crippen LogP contribution >= 0.6 is 11.8 Å². The molecule has 0 saturated carbocycles. The molecule has 0 aliphatic heterocycles. The van der Waals surface area contributed by atoms with Crippen molar-refractivity contribution in [2.75, 3.05) is 18.9 Å². The summed E-state index contributed by atoms with van der Waals surface area (Å²) in [5.74, 6) is 1.74. The maximum atomic E-state index is 12.2. The number of carbonyl (C=O) groups is 1. The summed E-state index contributed by atoms with van der Waals surface area (Å²) in [6.45, 7) is 3.19. The van der Waals surface area contributed by atoms with Crippen molar-refractivity contribution in [2.45, 2.75) is 18.4 Å². The van der Waals surface area contributed by atoms with Gasteiger partial charge in [-0.25, -0.2) is 0 Å². The molecule has 0 saturated heterocycles. The van der Waals surface area contributed by atoms with Gasteiger partial charge in [-0.1, -0.05) is 42.1 Å². The van der Waals surface area contributed by atoms with Crippen LogP contribution in [0, 0.1) is 0 Å². The molecule has 7 nitrogen and oxygen atoms in total. The predicted molar refractivity (Wildman–Crippen MR) is 121 cm³/mol. The molecule has 1 amide bonds. The van der Waals surface area contributed by atoms with Gasteiger partial charge in [-0.15, -0.1) is 10.2 Å². The molecule has 2 aromatic heterocycles. The highest BCUT2D eigenvalue weighted by molar-refractivity contribution is 7.99. The number of hydrogen-bond acceptors (Lipinski definition) is 6. The Kier molecular flexibility index (Phi) is 6.78. The fourth-order valence-corrected chi connectivity index (χ4v) is 3.76. The number of ether oxygens (including phenoxy) is 1. The molecule has 0 bridgehead atoms. The zero-order valence-electron chi connectivity index (χ0n) is 17.2. The summed E-state index contributed by atoms with van der Waals surface area (Å²) in [7, 11) is 0. The van der Waals surface area contributed by atoms with Crippen molar-refractivity contribution in [3.05, 3.63) is 72.3 Å². The van der Waals surface area contributed by atoms with Crippen molar-refractivity contribution in [3.8, 4) is 17.1 Å². The van der Waals surface area contributed by atoms with E-state index < -0.39 is 0 Å². The molecule has 4 aromatic rings. The molecule has 0 spiro atoms. The minimum Gasteiger partial charge on any atom is -0.494 e. The van der Waals surface area contributed by atoms with E-state index in [1.807, 2.05) is 61.5 Å². The van der Waals surface area contributed by atoms with Gasteiger partial charge in [0.2, 0.25) is 5.91 Å². The second-order valence-electron chi connectivity index (χ2n) is 6.80. The Morgan fingerprint density at radius 1 is 1.03 bits per heavy atom. The first-order chi connectivity index (χ1) is 15.2. The number of hydrogen-bond donors (Lipinski definition) is 1. The summed E-state index contributed by atoms with van der Waals surface area (Å²) in [4.78, 5) is 12.2. The molecule has 2 heterocycles. The molecule has 4 rings (SSSR count). The summed E-state index contributed by atoms with van der Waals surface area (Å²) in [5, 5.41) is 16.8. The Morgan fingerprint density at radius 3 is 2.61 bits per heavy atom. The van der Waals surface area contributed by atoms with E-state index in [4.69, 9.17) is 4.74 Å². The molecule has 158 valence electrons. The van der Waals surface area contributed by atoms with Crippen molar-refractivity contribution < 1.29 is 9.53 Å². The van der Waals surface area contributed by atoms with E-state index in [2.05, 4.69) is 32.7 Å². The minimum absolute atomic E-state index is 0.0154. The van der Waals surface area contributed by atoms with Gasteiger partial charge < -0.3 is 10.1 Å². The van der Waals surface area contributed by atoms with Crippen LogP contribution in [-0.4, -0.2) is 44.6 Å². The van der Waals surface area contributed by atoms with Gasteiger partial charge in [-0.3, -0.25) is 4.79 Å². The molecule has 0 radical (unpaired) electrons. The minimum atomic E-state index is -0.0154. The van der Waals surface area contributed by atoms with E-state index in [-0.39, 0.29) is 5.91 Å². The van der Waals surface area contributed by atoms with E-state index in [0.29, 0.717) is 30.4 Å². The molecule has 2 aromatic carbocycles. The van der Waals surface area contributed by atoms with Crippen LogP contribution in [0.15, 0.2) is 71.8 Å². The predicted octanol–water partition coefficient (Wildman–Crippen LogP) is 3.64. The lowest BCUT2D eigenvalue weighted by Gasteiger charge is -2.06. The maximum absolute atomic E-state index is 12.2. The van der Waals surface area contributed by atoms with Crippen LogP contribution in [0.5, 0.6) is 5.75 Å². The average Bonchev–Trinajstić information content (AvgIpc) is 3.22. The van der Waals surface area contributed by atoms with Crippen LogP contribution < -0.4 is 10.1 Å². The number of carbonyl (C=O) groups excluding carboxylic acids is 1. The largest absolute Gasteiger partial charge is 0.494 e. The van der Waals surface area contributed by atoms with Gasteiger partial charge >= 0.3 is 0 Å². The lowest BCUT2D eigenvalue weighted by molar-refractivity contribution is -0.118. The number of aromatic nitrogens is 4. The van der Waals surface area contributed by atoms with Gasteiger partial charge in [-0.05, 0) is 55.3 Å². The summed E-state index contributed by atoms with van der Waals surface area (Å²) < 4.78 is 7.19. The summed E-state index contributed by atoms with van der Waals surface area (Å²) in [6.07, 6.45) is 0.813. The van der Waals surface area contributed by atoms with Crippen molar-refractivity contribution in [2.24, 2.45) is 0 Å². The number of fused-ring (bicyclic) bond motifs is 1. The Hall–Kier alpha value is -3.39.